The third kappa shape index (κ3) is 1.39. The van der Waals surface area contributed by atoms with E-state index in [0.29, 0.717) is 0 Å². The number of rotatable bonds is 0. The predicted molar refractivity (Wildman–Crippen MR) is 53.5 cm³/mol. The van der Waals surface area contributed by atoms with E-state index in [2.05, 4.69) is 0 Å². The zero-order chi connectivity index (χ0) is 12.4. The van der Waals surface area contributed by atoms with Crippen LogP contribution in [0.5, 0.6) is 0 Å². The first kappa shape index (κ1) is 11.6. The molecule has 2 fully saturated rings. The van der Waals surface area contributed by atoms with Crippen LogP contribution in [0.1, 0.15) is 20.8 Å². The van der Waals surface area contributed by atoms with Crippen LogP contribution >= 0.6 is 0 Å². The number of hydrogen-bond donors (Lipinski definition) is 1. The maximum absolute atomic E-state index is 13.8. The second kappa shape index (κ2) is 2.85. The van der Waals surface area contributed by atoms with Crippen molar-refractivity contribution >= 4 is 6.09 Å². The van der Waals surface area contributed by atoms with Crippen molar-refractivity contribution in [3.8, 4) is 0 Å². The molecule has 1 unspecified atom stereocenters. The van der Waals surface area contributed by atoms with Gasteiger partial charge in [-0.3, -0.25) is 0 Å². The van der Waals surface area contributed by atoms with Gasteiger partial charge in [0.2, 0.25) is 0 Å². The van der Waals surface area contributed by atoms with E-state index >= 15 is 0 Å². The molecule has 92 valence electrons. The van der Waals surface area contributed by atoms with Crippen LogP contribution in [0.25, 0.3) is 0 Å². The summed E-state index contributed by atoms with van der Waals surface area (Å²) in [6, 6.07) is -1.11. The summed E-state index contributed by atoms with van der Waals surface area (Å²) < 4.78 is 32.5. The van der Waals surface area contributed by atoms with Crippen molar-refractivity contribution in [1.29, 1.82) is 0 Å². The lowest BCUT2D eigenvalue weighted by atomic mass is 10.2. The molecule has 1 heterocycles. The molecule has 2 rings (SSSR count). The molecule has 1 aliphatic heterocycles. The number of alkyl halides is 2. The van der Waals surface area contributed by atoms with Gasteiger partial charge in [0, 0.05) is 0 Å². The molecule has 1 aliphatic carbocycles. The highest BCUT2D eigenvalue weighted by Gasteiger charge is 2.84. The van der Waals surface area contributed by atoms with Gasteiger partial charge in [-0.05, 0) is 20.8 Å². The van der Waals surface area contributed by atoms with E-state index < -0.39 is 29.1 Å². The largest absolute Gasteiger partial charge is 0.444 e. The number of fused-ring (bicyclic) bond motifs is 1. The summed E-state index contributed by atoms with van der Waals surface area (Å²) >= 11 is 0. The van der Waals surface area contributed by atoms with Gasteiger partial charge in [-0.2, -0.15) is 0 Å². The fourth-order valence-electron chi connectivity index (χ4n) is 2.08. The lowest BCUT2D eigenvalue weighted by molar-refractivity contribution is 0.0236. The third-order valence-corrected chi connectivity index (χ3v) is 3.09. The highest BCUT2D eigenvalue weighted by atomic mass is 19.2. The minimum Gasteiger partial charge on any atom is -0.444 e. The molecule has 2 aliphatic rings. The second-order valence-electron chi connectivity index (χ2n) is 5.54. The Morgan fingerprint density at radius 3 is 2.19 bits per heavy atom. The first-order valence-electron chi connectivity index (χ1n) is 5.21. The highest BCUT2D eigenvalue weighted by molar-refractivity contribution is 5.70. The Balaban J connectivity index is 1.99. The molecular formula is C10H16F2N2O2. The van der Waals surface area contributed by atoms with Crippen LogP contribution in [0.4, 0.5) is 13.6 Å². The van der Waals surface area contributed by atoms with Crippen LogP contribution in [0.15, 0.2) is 0 Å². The molecule has 0 aromatic rings. The zero-order valence-electron chi connectivity index (χ0n) is 9.59. The number of halogens is 2. The Hall–Kier alpha value is -0.910. The van der Waals surface area contributed by atoms with E-state index in [1.54, 1.807) is 20.8 Å². The molecule has 1 saturated carbocycles. The molecule has 1 amide bonds. The summed E-state index contributed by atoms with van der Waals surface area (Å²) in [5.74, 6) is 0. The third-order valence-electron chi connectivity index (χ3n) is 3.09. The Kier molecular flexibility index (Phi) is 2.06. The van der Waals surface area contributed by atoms with Crippen LogP contribution < -0.4 is 5.73 Å². The molecule has 0 radical (unpaired) electrons. The van der Waals surface area contributed by atoms with E-state index in [-0.39, 0.29) is 13.1 Å². The maximum atomic E-state index is 13.8. The molecular weight excluding hydrogens is 218 g/mol. The van der Waals surface area contributed by atoms with Crippen molar-refractivity contribution in [2.24, 2.45) is 5.73 Å². The van der Waals surface area contributed by atoms with Gasteiger partial charge < -0.3 is 15.4 Å². The summed E-state index contributed by atoms with van der Waals surface area (Å²) in [7, 11) is 0. The molecule has 2 N–H and O–H groups in total. The van der Waals surface area contributed by atoms with Gasteiger partial charge in [-0.15, -0.1) is 0 Å². The summed E-state index contributed by atoms with van der Waals surface area (Å²) in [6.07, 6.45) is -0.694. The fraction of sp³-hybridized carbons (Fsp3) is 0.900. The van der Waals surface area contributed by atoms with Crippen molar-refractivity contribution in [3.63, 3.8) is 0 Å². The van der Waals surface area contributed by atoms with E-state index in [1.165, 1.54) is 0 Å². The van der Waals surface area contributed by atoms with Gasteiger partial charge in [-0.1, -0.05) is 0 Å². The van der Waals surface area contributed by atoms with Crippen molar-refractivity contribution in [1.82, 2.24) is 4.90 Å². The number of ether oxygens (including phenoxy) is 1. The standard InChI is InChI=1S/C10H16F2N2O2/c1-8(2,3)16-7(15)14-4-9(11)6(13)10(9,12)5-14/h6H,4-5,13H2,1-3H3/t6?,9-,10+. The van der Waals surface area contributed by atoms with Gasteiger partial charge in [0.1, 0.15) is 5.60 Å². The van der Waals surface area contributed by atoms with Gasteiger partial charge >= 0.3 is 6.09 Å². The molecule has 4 nitrogen and oxygen atoms in total. The first-order valence-corrected chi connectivity index (χ1v) is 5.21. The van der Waals surface area contributed by atoms with Crippen molar-refractivity contribution < 1.29 is 18.3 Å². The van der Waals surface area contributed by atoms with Gasteiger partial charge in [-0.25, -0.2) is 13.6 Å². The number of carbonyl (C=O) groups excluding carboxylic acids is 1. The Bertz CT molecular complexity index is 326. The number of piperidine rings is 1. The molecule has 3 atom stereocenters. The summed E-state index contributed by atoms with van der Waals surface area (Å²) in [6.45, 7) is 4.46. The molecule has 16 heavy (non-hydrogen) atoms. The number of hydrogen-bond acceptors (Lipinski definition) is 3. The lowest BCUT2D eigenvalue weighted by Crippen LogP contribution is -2.41. The van der Waals surface area contributed by atoms with E-state index in [9.17, 15) is 13.6 Å². The molecule has 0 spiro atoms. The van der Waals surface area contributed by atoms with E-state index in [1.807, 2.05) is 0 Å². The van der Waals surface area contributed by atoms with Crippen LogP contribution in [-0.4, -0.2) is 47.1 Å². The smallest absolute Gasteiger partial charge is 0.410 e. The van der Waals surface area contributed by atoms with Gasteiger partial charge in [0.25, 0.3) is 0 Å². The van der Waals surface area contributed by atoms with Gasteiger partial charge in [0.05, 0.1) is 19.1 Å². The summed E-state index contributed by atoms with van der Waals surface area (Å²) in [4.78, 5) is 12.6. The van der Waals surface area contributed by atoms with Crippen molar-refractivity contribution in [3.05, 3.63) is 0 Å². The highest BCUT2D eigenvalue weighted by Crippen LogP contribution is 2.58. The number of amides is 1. The second-order valence-corrected chi connectivity index (χ2v) is 5.54. The quantitative estimate of drug-likeness (QED) is 0.680. The minimum atomic E-state index is -2.08. The fourth-order valence-corrected chi connectivity index (χ4v) is 2.08. The molecule has 1 saturated heterocycles. The molecule has 6 heteroatoms. The normalized spacial score (nSPS) is 41.9. The number of nitrogens with two attached hydrogens (primary N) is 1. The first-order chi connectivity index (χ1) is 7.10. The number of carbonyl (C=O) groups is 1. The van der Waals surface area contributed by atoms with Crippen LogP contribution in [-0.2, 0) is 4.74 Å². The summed E-state index contributed by atoms with van der Waals surface area (Å²) in [5.41, 5.74) is 0.474. The van der Waals surface area contributed by atoms with Gasteiger partial charge in [0.15, 0.2) is 11.3 Å². The zero-order valence-corrected chi connectivity index (χ0v) is 9.59. The lowest BCUT2D eigenvalue weighted by Gasteiger charge is -2.25. The molecule has 0 aromatic carbocycles. The number of nitrogens with zero attached hydrogens (tertiary/aromatic N) is 1. The maximum Gasteiger partial charge on any atom is 0.410 e. The average molecular weight is 234 g/mol. The Morgan fingerprint density at radius 2 is 1.81 bits per heavy atom. The minimum absolute atomic E-state index is 0.320. The Labute approximate surface area is 92.7 Å². The van der Waals surface area contributed by atoms with E-state index in [4.69, 9.17) is 10.5 Å². The van der Waals surface area contributed by atoms with Crippen molar-refractivity contribution in [2.75, 3.05) is 13.1 Å². The SMILES string of the molecule is CC(C)(C)OC(=O)N1C[C@@]2(F)C(N)[C@@]2(F)C1. The summed E-state index contributed by atoms with van der Waals surface area (Å²) in [5, 5.41) is 0. The van der Waals surface area contributed by atoms with E-state index in [0.717, 1.165) is 4.90 Å². The number of likely N-dealkylation sites (tertiary alicyclic amines) is 1. The Morgan fingerprint density at radius 1 is 1.38 bits per heavy atom. The molecule has 0 aromatic heterocycles. The predicted octanol–water partition coefficient (Wildman–Crippen LogP) is 0.995. The molecule has 0 bridgehead atoms. The monoisotopic (exact) mass is 234 g/mol. The van der Waals surface area contributed by atoms with Crippen LogP contribution in [0, 0.1) is 0 Å². The van der Waals surface area contributed by atoms with Crippen molar-refractivity contribution in [2.45, 2.75) is 43.8 Å². The average Bonchev–Trinajstić information content (AvgIpc) is 2.39. The van der Waals surface area contributed by atoms with Crippen LogP contribution in [0.3, 0.4) is 0 Å². The topological polar surface area (TPSA) is 55.6 Å². The van der Waals surface area contributed by atoms with Crippen LogP contribution in [0.2, 0.25) is 0 Å².